The highest BCUT2D eigenvalue weighted by Crippen LogP contribution is 2.28. The zero-order valence-corrected chi connectivity index (χ0v) is 15.6. The third-order valence-electron chi connectivity index (χ3n) is 4.17. The first-order chi connectivity index (χ1) is 13.2. The molecule has 1 aromatic carbocycles. The lowest BCUT2D eigenvalue weighted by molar-refractivity contribution is -0.113. The normalized spacial score (nSPS) is 10.9. The van der Waals surface area contributed by atoms with Gasteiger partial charge in [0, 0.05) is 35.2 Å². The van der Waals surface area contributed by atoms with Gasteiger partial charge in [0.2, 0.25) is 5.91 Å². The van der Waals surface area contributed by atoms with Crippen molar-refractivity contribution in [3.8, 4) is 11.3 Å². The number of thioether (sulfide) groups is 1. The maximum atomic E-state index is 12.4. The molecule has 5 nitrogen and oxygen atoms in total. The third-order valence-corrected chi connectivity index (χ3v) is 5.19. The van der Waals surface area contributed by atoms with E-state index in [1.54, 1.807) is 12.4 Å². The highest BCUT2D eigenvalue weighted by molar-refractivity contribution is 8.00. The minimum Gasteiger partial charge on any atom is -0.325 e. The quantitative estimate of drug-likeness (QED) is 0.525. The van der Waals surface area contributed by atoms with Gasteiger partial charge in [-0.25, -0.2) is 4.98 Å². The summed E-state index contributed by atoms with van der Waals surface area (Å²) in [5, 5.41) is 3.01. The van der Waals surface area contributed by atoms with Crippen LogP contribution in [0.1, 0.15) is 5.56 Å². The number of benzene rings is 1. The number of carbonyl (C=O) groups is 1. The van der Waals surface area contributed by atoms with E-state index in [0.29, 0.717) is 5.75 Å². The number of imidazole rings is 1. The lowest BCUT2D eigenvalue weighted by Crippen LogP contribution is -2.14. The number of fused-ring (bicyclic) bond motifs is 1. The number of anilines is 1. The molecule has 0 saturated carbocycles. The van der Waals surface area contributed by atoms with Crippen molar-refractivity contribution >= 4 is 29.0 Å². The molecule has 0 spiro atoms. The van der Waals surface area contributed by atoms with E-state index in [4.69, 9.17) is 4.98 Å². The minimum absolute atomic E-state index is 0.0517. The molecule has 3 heterocycles. The number of hydrogen-bond donors (Lipinski definition) is 1. The predicted molar refractivity (Wildman–Crippen MR) is 109 cm³/mol. The van der Waals surface area contributed by atoms with Gasteiger partial charge < -0.3 is 9.72 Å². The maximum Gasteiger partial charge on any atom is 0.234 e. The Balaban J connectivity index is 1.55. The lowest BCUT2D eigenvalue weighted by Gasteiger charge is -2.09. The van der Waals surface area contributed by atoms with Crippen molar-refractivity contribution in [3.63, 3.8) is 0 Å². The number of nitrogens with zero attached hydrogens (tertiary/aromatic N) is 3. The molecule has 0 aliphatic rings. The van der Waals surface area contributed by atoms with Crippen molar-refractivity contribution < 1.29 is 4.79 Å². The average Bonchev–Trinajstić information content (AvgIpc) is 3.13. The van der Waals surface area contributed by atoms with Gasteiger partial charge >= 0.3 is 0 Å². The van der Waals surface area contributed by atoms with Gasteiger partial charge in [-0.05, 0) is 36.8 Å². The van der Waals surface area contributed by atoms with Crippen LogP contribution in [0.2, 0.25) is 0 Å². The van der Waals surface area contributed by atoms with Crippen LogP contribution in [0, 0.1) is 6.92 Å². The molecular weight excluding hydrogens is 356 g/mol. The second-order valence-corrected chi connectivity index (χ2v) is 7.16. The number of carbonyl (C=O) groups excluding carboxylic acids is 1. The van der Waals surface area contributed by atoms with E-state index in [1.807, 2.05) is 72.2 Å². The molecule has 0 aliphatic heterocycles. The first-order valence-corrected chi connectivity index (χ1v) is 9.56. The van der Waals surface area contributed by atoms with E-state index >= 15 is 0 Å². The maximum absolute atomic E-state index is 12.4. The molecule has 3 aromatic heterocycles. The molecule has 4 rings (SSSR count). The summed E-state index contributed by atoms with van der Waals surface area (Å²) in [6.07, 6.45) is 7.41. The summed E-state index contributed by atoms with van der Waals surface area (Å²) in [6.45, 7) is 2.04. The Morgan fingerprint density at radius 2 is 1.93 bits per heavy atom. The highest BCUT2D eigenvalue weighted by Gasteiger charge is 2.12. The zero-order chi connectivity index (χ0) is 18.6. The van der Waals surface area contributed by atoms with E-state index in [0.717, 1.165) is 33.1 Å². The molecule has 134 valence electrons. The van der Waals surface area contributed by atoms with Gasteiger partial charge in [0.15, 0.2) is 0 Å². The smallest absolute Gasteiger partial charge is 0.234 e. The van der Waals surface area contributed by atoms with Gasteiger partial charge in [-0.3, -0.25) is 9.78 Å². The molecule has 0 atom stereocenters. The van der Waals surface area contributed by atoms with E-state index in [-0.39, 0.29) is 5.91 Å². The molecule has 0 radical (unpaired) electrons. The second kappa shape index (κ2) is 7.63. The molecule has 0 aliphatic carbocycles. The van der Waals surface area contributed by atoms with E-state index < -0.39 is 0 Å². The summed E-state index contributed by atoms with van der Waals surface area (Å²) in [4.78, 5) is 22.2. The standard InChI is InChI=1S/C21H18N4OS/c1-15-5-4-12-25-13-19(24-21(15)25)17-6-2-3-7-18(17)23-20(26)14-27-16-8-10-22-11-9-16/h2-13H,14H2,1H3,(H,23,26). The van der Waals surface area contributed by atoms with Crippen LogP contribution in [-0.2, 0) is 4.79 Å². The number of aryl methyl sites for hydroxylation is 1. The molecule has 1 amide bonds. The van der Waals surface area contributed by atoms with Crippen LogP contribution >= 0.6 is 11.8 Å². The Morgan fingerprint density at radius 1 is 1.11 bits per heavy atom. The number of amides is 1. The fourth-order valence-electron chi connectivity index (χ4n) is 2.87. The van der Waals surface area contributed by atoms with Gasteiger partial charge in [-0.1, -0.05) is 24.3 Å². The predicted octanol–water partition coefficient (Wildman–Crippen LogP) is 4.44. The van der Waals surface area contributed by atoms with Crippen LogP contribution in [0.3, 0.4) is 0 Å². The van der Waals surface area contributed by atoms with E-state index in [9.17, 15) is 4.79 Å². The summed E-state index contributed by atoms with van der Waals surface area (Å²) in [5.74, 6) is 0.284. The van der Waals surface area contributed by atoms with Crippen molar-refractivity contribution in [3.05, 3.63) is 78.9 Å². The first-order valence-electron chi connectivity index (χ1n) is 8.57. The third kappa shape index (κ3) is 3.85. The Morgan fingerprint density at radius 3 is 2.74 bits per heavy atom. The second-order valence-electron chi connectivity index (χ2n) is 6.11. The molecular formula is C21H18N4OS. The van der Waals surface area contributed by atoms with Gasteiger partial charge in [0.05, 0.1) is 17.1 Å². The SMILES string of the molecule is Cc1cccn2cc(-c3ccccc3NC(=O)CSc3ccncc3)nc12. The van der Waals surface area contributed by atoms with Gasteiger partial charge in [-0.2, -0.15) is 0 Å². The monoisotopic (exact) mass is 374 g/mol. The zero-order valence-electron chi connectivity index (χ0n) is 14.8. The van der Waals surface area contributed by atoms with Crippen molar-refractivity contribution in [2.45, 2.75) is 11.8 Å². The summed E-state index contributed by atoms with van der Waals surface area (Å²) >= 11 is 1.48. The van der Waals surface area contributed by atoms with E-state index in [1.165, 1.54) is 11.8 Å². The average molecular weight is 374 g/mol. The first kappa shape index (κ1) is 17.3. The molecule has 0 saturated heterocycles. The highest BCUT2D eigenvalue weighted by atomic mass is 32.2. The number of nitrogens with one attached hydrogen (secondary N) is 1. The fourth-order valence-corrected chi connectivity index (χ4v) is 3.55. The van der Waals surface area contributed by atoms with Crippen LogP contribution < -0.4 is 5.32 Å². The van der Waals surface area contributed by atoms with Crippen molar-refractivity contribution in [1.82, 2.24) is 14.4 Å². The summed E-state index contributed by atoms with van der Waals surface area (Å²) < 4.78 is 2.00. The van der Waals surface area contributed by atoms with Crippen LogP contribution in [0.4, 0.5) is 5.69 Å². The largest absolute Gasteiger partial charge is 0.325 e. The Kier molecular flexibility index (Phi) is 4.89. The Hall–Kier alpha value is -3.12. The van der Waals surface area contributed by atoms with Crippen LogP contribution in [0.5, 0.6) is 0 Å². The Bertz CT molecular complexity index is 1090. The molecule has 4 aromatic rings. The summed E-state index contributed by atoms with van der Waals surface area (Å²) in [5.41, 5.74) is 4.53. The summed E-state index contributed by atoms with van der Waals surface area (Å²) in [6, 6.07) is 15.6. The molecule has 1 N–H and O–H groups in total. The van der Waals surface area contributed by atoms with Crippen molar-refractivity contribution in [2.24, 2.45) is 0 Å². The van der Waals surface area contributed by atoms with Crippen LogP contribution in [-0.4, -0.2) is 26.0 Å². The van der Waals surface area contributed by atoms with Crippen molar-refractivity contribution in [1.29, 1.82) is 0 Å². The summed E-state index contributed by atoms with van der Waals surface area (Å²) in [7, 11) is 0. The number of para-hydroxylation sites is 1. The minimum atomic E-state index is -0.0517. The van der Waals surface area contributed by atoms with Gasteiger partial charge in [0.1, 0.15) is 5.65 Å². The van der Waals surface area contributed by atoms with Crippen LogP contribution in [0.15, 0.2) is 78.2 Å². The molecule has 0 fully saturated rings. The van der Waals surface area contributed by atoms with Gasteiger partial charge in [0.25, 0.3) is 0 Å². The topological polar surface area (TPSA) is 59.3 Å². The fraction of sp³-hybridized carbons (Fsp3) is 0.0952. The number of aromatic nitrogens is 3. The number of hydrogen-bond acceptors (Lipinski definition) is 4. The molecule has 6 heteroatoms. The lowest BCUT2D eigenvalue weighted by atomic mass is 10.1. The molecule has 0 bridgehead atoms. The number of rotatable bonds is 5. The van der Waals surface area contributed by atoms with Crippen LogP contribution in [0.25, 0.3) is 16.9 Å². The molecule has 0 unspecified atom stereocenters. The van der Waals surface area contributed by atoms with Gasteiger partial charge in [-0.15, -0.1) is 11.8 Å². The van der Waals surface area contributed by atoms with Crippen molar-refractivity contribution in [2.75, 3.05) is 11.1 Å². The van der Waals surface area contributed by atoms with E-state index in [2.05, 4.69) is 10.3 Å². The Labute approximate surface area is 161 Å². The molecule has 27 heavy (non-hydrogen) atoms. The number of pyridine rings is 2.